The third-order valence-electron chi connectivity index (χ3n) is 4.16. The van der Waals surface area contributed by atoms with Gasteiger partial charge in [-0.1, -0.05) is 47.5 Å². The molecule has 2 atom stereocenters. The van der Waals surface area contributed by atoms with Crippen LogP contribution in [0.5, 0.6) is 0 Å². The van der Waals surface area contributed by atoms with Crippen molar-refractivity contribution < 1.29 is 0 Å². The summed E-state index contributed by atoms with van der Waals surface area (Å²) >= 11 is 0. The highest BCUT2D eigenvalue weighted by Crippen LogP contribution is 2.40. The van der Waals surface area contributed by atoms with E-state index in [1.807, 2.05) is 0 Å². The van der Waals surface area contributed by atoms with Crippen molar-refractivity contribution in [2.24, 2.45) is 17.3 Å². The fourth-order valence-corrected chi connectivity index (χ4v) is 3.06. The molecule has 1 rings (SSSR count). The van der Waals surface area contributed by atoms with E-state index in [1.165, 1.54) is 32.2 Å². The quantitative estimate of drug-likeness (QED) is 0.728. The standard InChI is InChI=1S/C14H29N/c1-6-12(7-2)10-15-13-9-14(4,5)8-11(13)3/h11-13,15H,6-10H2,1-5H3. The van der Waals surface area contributed by atoms with Gasteiger partial charge in [-0.2, -0.15) is 0 Å². The van der Waals surface area contributed by atoms with Crippen molar-refractivity contribution in [3.05, 3.63) is 0 Å². The molecule has 0 aromatic carbocycles. The van der Waals surface area contributed by atoms with Crippen molar-refractivity contribution in [2.75, 3.05) is 6.54 Å². The van der Waals surface area contributed by atoms with E-state index in [4.69, 9.17) is 0 Å². The predicted octanol–water partition coefficient (Wildman–Crippen LogP) is 3.84. The van der Waals surface area contributed by atoms with Gasteiger partial charge in [0.1, 0.15) is 0 Å². The fraction of sp³-hybridized carbons (Fsp3) is 1.00. The summed E-state index contributed by atoms with van der Waals surface area (Å²) in [7, 11) is 0. The lowest BCUT2D eigenvalue weighted by Crippen LogP contribution is -2.35. The summed E-state index contributed by atoms with van der Waals surface area (Å²) in [5.41, 5.74) is 0.561. The van der Waals surface area contributed by atoms with Crippen molar-refractivity contribution in [1.82, 2.24) is 5.32 Å². The molecular weight excluding hydrogens is 182 g/mol. The van der Waals surface area contributed by atoms with Gasteiger partial charge >= 0.3 is 0 Å². The zero-order valence-electron chi connectivity index (χ0n) is 11.3. The molecule has 0 radical (unpaired) electrons. The maximum atomic E-state index is 3.79. The van der Waals surface area contributed by atoms with Crippen LogP contribution in [0.3, 0.4) is 0 Å². The molecule has 0 aromatic heterocycles. The molecule has 1 heteroatoms. The highest BCUT2D eigenvalue weighted by atomic mass is 14.9. The second kappa shape index (κ2) is 5.34. The Morgan fingerprint density at radius 1 is 1.20 bits per heavy atom. The second-order valence-electron chi connectivity index (χ2n) is 6.25. The number of rotatable bonds is 5. The largest absolute Gasteiger partial charge is 0.313 e. The molecule has 0 saturated heterocycles. The predicted molar refractivity (Wildman–Crippen MR) is 68.0 cm³/mol. The molecule has 1 fully saturated rings. The average molecular weight is 211 g/mol. The lowest BCUT2D eigenvalue weighted by atomic mass is 9.91. The highest BCUT2D eigenvalue weighted by molar-refractivity contribution is 4.91. The topological polar surface area (TPSA) is 12.0 Å². The van der Waals surface area contributed by atoms with Crippen molar-refractivity contribution >= 4 is 0 Å². The summed E-state index contributed by atoms with van der Waals surface area (Å²) in [5, 5.41) is 3.79. The second-order valence-corrected chi connectivity index (χ2v) is 6.25. The molecule has 0 spiro atoms. The monoisotopic (exact) mass is 211 g/mol. The molecular formula is C14H29N. The zero-order chi connectivity index (χ0) is 11.5. The van der Waals surface area contributed by atoms with E-state index in [9.17, 15) is 0 Å². The Balaban J connectivity index is 2.33. The number of hydrogen-bond acceptors (Lipinski definition) is 1. The van der Waals surface area contributed by atoms with Crippen LogP contribution in [0.25, 0.3) is 0 Å². The molecule has 1 aliphatic rings. The molecule has 15 heavy (non-hydrogen) atoms. The third-order valence-corrected chi connectivity index (χ3v) is 4.16. The van der Waals surface area contributed by atoms with Gasteiger partial charge in [0.25, 0.3) is 0 Å². The van der Waals surface area contributed by atoms with Gasteiger partial charge in [0.05, 0.1) is 0 Å². The summed E-state index contributed by atoms with van der Waals surface area (Å²) in [6.07, 6.45) is 5.36. The van der Waals surface area contributed by atoms with Crippen LogP contribution in [0.1, 0.15) is 60.3 Å². The van der Waals surface area contributed by atoms with Crippen molar-refractivity contribution in [3.8, 4) is 0 Å². The maximum Gasteiger partial charge on any atom is 0.00980 e. The van der Waals surface area contributed by atoms with Crippen LogP contribution in [0.15, 0.2) is 0 Å². The van der Waals surface area contributed by atoms with Gasteiger partial charge in [-0.05, 0) is 36.6 Å². The zero-order valence-corrected chi connectivity index (χ0v) is 11.3. The molecule has 0 bridgehead atoms. The number of hydrogen-bond donors (Lipinski definition) is 1. The van der Waals surface area contributed by atoms with Gasteiger partial charge in [0.2, 0.25) is 0 Å². The van der Waals surface area contributed by atoms with Crippen molar-refractivity contribution in [2.45, 2.75) is 66.3 Å². The number of nitrogens with one attached hydrogen (secondary N) is 1. The summed E-state index contributed by atoms with van der Waals surface area (Å²) in [6, 6.07) is 0.764. The third kappa shape index (κ3) is 3.79. The van der Waals surface area contributed by atoms with E-state index in [0.29, 0.717) is 5.41 Å². The van der Waals surface area contributed by atoms with Crippen LogP contribution in [0.2, 0.25) is 0 Å². The van der Waals surface area contributed by atoms with Gasteiger partial charge in [-0.15, -0.1) is 0 Å². The summed E-state index contributed by atoms with van der Waals surface area (Å²) in [4.78, 5) is 0. The minimum atomic E-state index is 0.561. The molecule has 1 saturated carbocycles. The Morgan fingerprint density at radius 3 is 2.20 bits per heavy atom. The molecule has 0 aromatic rings. The highest BCUT2D eigenvalue weighted by Gasteiger charge is 2.36. The van der Waals surface area contributed by atoms with Crippen molar-refractivity contribution in [1.29, 1.82) is 0 Å². The van der Waals surface area contributed by atoms with Crippen LogP contribution in [0, 0.1) is 17.3 Å². The molecule has 0 heterocycles. The fourth-order valence-electron chi connectivity index (χ4n) is 3.06. The molecule has 90 valence electrons. The molecule has 0 amide bonds. The first kappa shape index (κ1) is 13.0. The first-order chi connectivity index (χ1) is 6.98. The summed E-state index contributed by atoms with van der Waals surface area (Å²) in [6.45, 7) is 13.0. The van der Waals surface area contributed by atoms with Crippen molar-refractivity contribution in [3.63, 3.8) is 0 Å². The van der Waals surface area contributed by atoms with E-state index in [-0.39, 0.29) is 0 Å². The van der Waals surface area contributed by atoms with Gasteiger partial charge in [0, 0.05) is 6.04 Å². The van der Waals surface area contributed by atoms with E-state index >= 15 is 0 Å². The van der Waals surface area contributed by atoms with Gasteiger partial charge < -0.3 is 5.32 Å². The summed E-state index contributed by atoms with van der Waals surface area (Å²) in [5.74, 6) is 1.73. The Labute approximate surface area is 96.0 Å². The van der Waals surface area contributed by atoms with Gasteiger partial charge in [0.15, 0.2) is 0 Å². The van der Waals surface area contributed by atoms with Crippen LogP contribution >= 0.6 is 0 Å². The van der Waals surface area contributed by atoms with Crippen LogP contribution < -0.4 is 5.32 Å². The van der Waals surface area contributed by atoms with E-state index in [0.717, 1.165) is 17.9 Å². The van der Waals surface area contributed by atoms with Crippen LogP contribution in [0.4, 0.5) is 0 Å². The SMILES string of the molecule is CCC(CC)CNC1CC(C)(C)CC1C. The molecule has 1 aliphatic carbocycles. The maximum absolute atomic E-state index is 3.79. The lowest BCUT2D eigenvalue weighted by Gasteiger charge is -2.21. The Bertz CT molecular complexity index is 182. The van der Waals surface area contributed by atoms with Crippen LogP contribution in [-0.2, 0) is 0 Å². The van der Waals surface area contributed by atoms with Gasteiger partial charge in [-0.25, -0.2) is 0 Å². The molecule has 0 aliphatic heterocycles. The minimum absolute atomic E-state index is 0.561. The minimum Gasteiger partial charge on any atom is -0.313 e. The van der Waals surface area contributed by atoms with Gasteiger partial charge in [-0.3, -0.25) is 0 Å². The normalized spacial score (nSPS) is 30.0. The van der Waals surface area contributed by atoms with E-state index in [2.05, 4.69) is 39.9 Å². The Hall–Kier alpha value is -0.0400. The average Bonchev–Trinajstić information content (AvgIpc) is 2.41. The first-order valence-corrected chi connectivity index (χ1v) is 6.72. The lowest BCUT2D eigenvalue weighted by molar-refractivity contribution is 0.351. The summed E-state index contributed by atoms with van der Waals surface area (Å²) < 4.78 is 0. The van der Waals surface area contributed by atoms with Crippen LogP contribution in [-0.4, -0.2) is 12.6 Å². The van der Waals surface area contributed by atoms with E-state index in [1.54, 1.807) is 0 Å². The smallest absolute Gasteiger partial charge is 0.00980 e. The molecule has 1 nitrogen and oxygen atoms in total. The molecule has 2 unspecified atom stereocenters. The molecule has 1 N–H and O–H groups in total. The van der Waals surface area contributed by atoms with E-state index < -0.39 is 0 Å². The first-order valence-electron chi connectivity index (χ1n) is 6.72. The Kier molecular flexibility index (Phi) is 4.64. The Morgan fingerprint density at radius 2 is 1.80 bits per heavy atom.